The molecule has 0 bridgehead atoms. The van der Waals surface area contributed by atoms with Gasteiger partial charge >= 0.3 is 0 Å². The summed E-state index contributed by atoms with van der Waals surface area (Å²) in [6, 6.07) is 7.72. The van der Waals surface area contributed by atoms with Crippen LogP contribution < -0.4 is 4.74 Å². The van der Waals surface area contributed by atoms with Gasteiger partial charge in [-0.2, -0.15) is 0 Å². The SMILES string of the molecule is C=CC(=O)C1(c2ccc(OC)cc2)CC1. The highest BCUT2D eigenvalue weighted by Crippen LogP contribution is 2.49. The third kappa shape index (κ3) is 1.56. The Morgan fingerprint density at radius 2 is 2.00 bits per heavy atom. The van der Waals surface area contributed by atoms with Gasteiger partial charge in [-0.3, -0.25) is 4.79 Å². The predicted octanol–water partition coefficient (Wildman–Crippen LogP) is 2.48. The van der Waals surface area contributed by atoms with Gasteiger partial charge in [-0.05, 0) is 36.6 Å². The van der Waals surface area contributed by atoms with E-state index >= 15 is 0 Å². The normalized spacial score (nSPS) is 16.9. The molecule has 0 heterocycles. The van der Waals surface area contributed by atoms with E-state index in [0.717, 1.165) is 24.2 Å². The lowest BCUT2D eigenvalue weighted by Gasteiger charge is -2.12. The minimum absolute atomic E-state index is 0.132. The summed E-state index contributed by atoms with van der Waals surface area (Å²) in [7, 11) is 1.64. The fourth-order valence-corrected chi connectivity index (χ4v) is 1.91. The summed E-state index contributed by atoms with van der Waals surface area (Å²) in [5.74, 6) is 0.952. The van der Waals surface area contributed by atoms with Gasteiger partial charge in [0.15, 0.2) is 5.78 Å². The average molecular weight is 202 g/mol. The minimum Gasteiger partial charge on any atom is -0.497 e. The van der Waals surface area contributed by atoms with Gasteiger partial charge in [-0.1, -0.05) is 18.7 Å². The molecule has 0 spiro atoms. The molecule has 0 radical (unpaired) electrons. The molecule has 1 aromatic rings. The van der Waals surface area contributed by atoms with Crippen LogP contribution in [-0.4, -0.2) is 12.9 Å². The van der Waals surface area contributed by atoms with E-state index in [2.05, 4.69) is 6.58 Å². The van der Waals surface area contributed by atoms with Crippen LogP contribution in [0.25, 0.3) is 0 Å². The van der Waals surface area contributed by atoms with Gasteiger partial charge in [0.05, 0.1) is 12.5 Å². The van der Waals surface area contributed by atoms with E-state index in [9.17, 15) is 4.79 Å². The molecule has 0 unspecified atom stereocenters. The van der Waals surface area contributed by atoms with E-state index in [1.165, 1.54) is 6.08 Å². The Bertz CT molecular complexity index is 386. The van der Waals surface area contributed by atoms with Crippen LogP contribution in [0.3, 0.4) is 0 Å². The third-order valence-electron chi connectivity index (χ3n) is 3.05. The topological polar surface area (TPSA) is 26.3 Å². The highest BCUT2D eigenvalue weighted by atomic mass is 16.5. The Labute approximate surface area is 89.6 Å². The first kappa shape index (κ1) is 9.97. The van der Waals surface area contributed by atoms with Crippen molar-refractivity contribution in [3.63, 3.8) is 0 Å². The lowest BCUT2D eigenvalue weighted by Crippen LogP contribution is -2.17. The number of methoxy groups -OCH3 is 1. The smallest absolute Gasteiger partial charge is 0.165 e. The summed E-state index contributed by atoms with van der Waals surface area (Å²) >= 11 is 0. The molecular weight excluding hydrogens is 188 g/mol. The number of carbonyl (C=O) groups excluding carboxylic acids is 1. The van der Waals surface area contributed by atoms with E-state index in [1.807, 2.05) is 24.3 Å². The van der Waals surface area contributed by atoms with Crippen LogP contribution in [0.15, 0.2) is 36.9 Å². The molecule has 0 aliphatic heterocycles. The molecule has 15 heavy (non-hydrogen) atoms. The Morgan fingerprint density at radius 3 is 2.40 bits per heavy atom. The van der Waals surface area contributed by atoms with Gasteiger partial charge in [0.1, 0.15) is 5.75 Å². The Hall–Kier alpha value is -1.57. The van der Waals surface area contributed by atoms with Crippen molar-refractivity contribution < 1.29 is 9.53 Å². The van der Waals surface area contributed by atoms with Crippen molar-refractivity contribution in [3.05, 3.63) is 42.5 Å². The van der Waals surface area contributed by atoms with Crippen LogP contribution in [0.5, 0.6) is 5.75 Å². The van der Waals surface area contributed by atoms with Gasteiger partial charge in [-0.15, -0.1) is 0 Å². The number of ether oxygens (including phenoxy) is 1. The third-order valence-corrected chi connectivity index (χ3v) is 3.05. The number of allylic oxidation sites excluding steroid dienone is 1. The highest BCUT2D eigenvalue weighted by Gasteiger charge is 2.49. The number of hydrogen-bond acceptors (Lipinski definition) is 2. The summed E-state index contributed by atoms with van der Waals surface area (Å²) in [5, 5.41) is 0. The van der Waals surface area contributed by atoms with Crippen LogP contribution in [-0.2, 0) is 10.2 Å². The molecule has 2 rings (SSSR count). The second-order valence-corrected chi connectivity index (χ2v) is 3.88. The molecule has 2 heteroatoms. The second kappa shape index (κ2) is 3.54. The Kier molecular flexibility index (Phi) is 2.35. The summed E-state index contributed by atoms with van der Waals surface area (Å²) < 4.78 is 5.08. The summed E-state index contributed by atoms with van der Waals surface area (Å²) in [4.78, 5) is 11.7. The van der Waals surface area contributed by atoms with E-state index < -0.39 is 0 Å². The van der Waals surface area contributed by atoms with Gasteiger partial charge in [0.2, 0.25) is 0 Å². The van der Waals surface area contributed by atoms with Crippen molar-refractivity contribution in [2.24, 2.45) is 0 Å². The summed E-state index contributed by atoms with van der Waals surface area (Å²) in [6.07, 6.45) is 3.30. The van der Waals surface area contributed by atoms with E-state index in [4.69, 9.17) is 4.74 Å². The Morgan fingerprint density at radius 1 is 1.40 bits per heavy atom. The number of ketones is 1. The highest BCUT2D eigenvalue weighted by molar-refractivity contribution is 6.01. The van der Waals surface area contributed by atoms with Crippen molar-refractivity contribution >= 4 is 5.78 Å². The molecule has 1 saturated carbocycles. The first-order valence-corrected chi connectivity index (χ1v) is 5.04. The maximum atomic E-state index is 11.7. The largest absolute Gasteiger partial charge is 0.497 e. The van der Waals surface area contributed by atoms with E-state index in [-0.39, 0.29) is 11.2 Å². The molecule has 78 valence electrons. The number of benzene rings is 1. The van der Waals surface area contributed by atoms with Crippen molar-refractivity contribution in [3.8, 4) is 5.75 Å². The van der Waals surface area contributed by atoms with Crippen molar-refractivity contribution in [1.29, 1.82) is 0 Å². The van der Waals surface area contributed by atoms with E-state index in [1.54, 1.807) is 7.11 Å². The van der Waals surface area contributed by atoms with Crippen LogP contribution in [0.4, 0.5) is 0 Å². The fourth-order valence-electron chi connectivity index (χ4n) is 1.91. The number of rotatable bonds is 4. The fraction of sp³-hybridized carbons (Fsp3) is 0.308. The van der Waals surface area contributed by atoms with Crippen molar-refractivity contribution in [1.82, 2.24) is 0 Å². The molecule has 1 aliphatic rings. The maximum absolute atomic E-state index is 11.7. The number of carbonyl (C=O) groups is 1. The molecule has 0 N–H and O–H groups in total. The van der Waals surface area contributed by atoms with Crippen molar-refractivity contribution in [2.45, 2.75) is 18.3 Å². The molecule has 0 atom stereocenters. The zero-order valence-corrected chi connectivity index (χ0v) is 8.82. The quantitative estimate of drug-likeness (QED) is 0.701. The summed E-state index contributed by atoms with van der Waals surface area (Å²) in [5.41, 5.74) is 0.807. The standard InChI is InChI=1S/C13H14O2/c1-3-12(14)13(8-9-13)10-4-6-11(15-2)7-5-10/h3-7H,1,8-9H2,2H3. The summed E-state index contributed by atoms with van der Waals surface area (Å²) in [6.45, 7) is 3.55. The van der Waals surface area contributed by atoms with Crippen molar-refractivity contribution in [2.75, 3.05) is 7.11 Å². The van der Waals surface area contributed by atoms with Crippen LogP contribution in [0.2, 0.25) is 0 Å². The maximum Gasteiger partial charge on any atom is 0.165 e. The zero-order chi connectivity index (χ0) is 10.9. The molecule has 1 aliphatic carbocycles. The lowest BCUT2D eigenvalue weighted by molar-refractivity contribution is -0.116. The molecule has 1 fully saturated rings. The zero-order valence-electron chi connectivity index (χ0n) is 8.82. The molecule has 0 amide bonds. The van der Waals surface area contributed by atoms with Gasteiger partial charge in [0.25, 0.3) is 0 Å². The van der Waals surface area contributed by atoms with Crippen LogP contribution in [0, 0.1) is 0 Å². The molecule has 1 aromatic carbocycles. The molecule has 0 aromatic heterocycles. The van der Waals surface area contributed by atoms with Crippen LogP contribution >= 0.6 is 0 Å². The van der Waals surface area contributed by atoms with E-state index in [0.29, 0.717) is 0 Å². The Balaban J connectivity index is 2.30. The van der Waals surface area contributed by atoms with Gasteiger partial charge < -0.3 is 4.74 Å². The van der Waals surface area contributed by atoms with Gasteiger partial charge in [0, 0.05) is 0 Å². The minimum atomic E-state index is -0.270. The lowest BCUT2D eigenvalue weighted by atomic mass is 9.91. The molecule has 0 saturated heterocycles. The predicted molar refractivity (Wildman–Crippen MR) is 59.1 cm³/mol. The molecule has 2 nitrogen and oxygen atoms in total. The number of hydrogen-bond donors (Lipinski definition) is 0. The first-order valence-electron chi connectivity index (χ1n) is 5.04. The second-order valence-electron chi connectivity index (χ2n) is 3.88. The molecular formula is C13H14O2. The monoisotopic (exact) mass is 202 g/mol. The average Bonchev–Trinajstić information content (AvgIpc) is 3.09. The first-order chi connectivity index (χ1) is 7.23. The van der Waals surface area contributed by atoms with Crippen LogP contribution in [0.1, 0.15) is 18.4 Å². The van der Waals surface area contributed by atoms with Gasteiger partial charge in [-0.25, -0.2) is 0 Å².